The third kappa shape index (κ3) is 2.12. The van der Waals surface area contributed by atoms with E-state index < -0.39 is 0 Å². The van der Waals surface area contributed by atoms with Crippen LogP contribution in [0.5, 0.6) is 5.75 Å². The van der Waals surface area contributed by atoms with E-state index in [1.165, 1.54) is 3.57 Å². The Morgan fingerprint density at radius 1 is 1.50 bits per heavy atom. The Kier molecular flexibility index (Phi) is 3.38. The van der Waals surface area contributed by atoms with Crippen LogP contribution in [0.1, 0.15) is 31.7 Å². The van der Waals surface area contributed by atoms with Crippen LogP contribution in [0, 0.1) is 3.57 Å². The molecule has 0 aliphatic carbocycles. The average Bonchev–Trinajstić information content (AvgIpc) is 2.08. The number of rotatable bonds is 2. The molecule has 0 heterocycles. The Balaban J connectivity index is 3.04. The summed E-state index contributed by atoms with van der Waals surface area (Å²) < 4.78 is 1.18. The fourth-order valence-electron chi connectivity index (χ4n) is 1.14. The Morgan fingerprint density at radius 3 is 2.75 bits per heavy atom. The number of hydrogen-bond donors (Lipinski definition) is 1. The molecule has 0 spiro atoms. The molecule has 0 saturated heterocycles. The molecule has 0 fully saturated rings. The van der Waals surface area contributed by atoms with Gasteiger partial charge in [-0.2, -0.15) is 0 Å². The first-order valence-corrected chi connectivity index (χ1v) is 5.21. The van der Waals surface area contributed by atoms with Crippen molar-refractivity contribution < 1.29 is 5.11 Å². The molecule has 0 saturated carbocycles. The Hall–Kier alpha value is -0.250. The molecule has 1 nitrogen and oxygen atoms in total. The van der Waals surface area contributed by atoms with Crippen LogP contribution in [-0.4, -0.2) is 5.11 Å². The van der Waals surface area contributed by atoms with Crippen LogP contribution in [-0.2, 0) is 0 Å². The molecule has 2 heteroatoms. The van der Waals surface area contributed by atoms with Gasteiger partial charge in [0.2, 0.25) is 0 Å². The van der Waals surface area contributed by atoms with Gasteiger partial charge in [0.25, 0.3) is 0 Å². The summed E-state index contributed by atoms with van der Waals surface area (Å²) in [6.45, 7) is 4.26. The summed E-state index contributed by atoms with van der Waals surface area (Å²) in [5.41, 5.74) is 1.06. The maximum atomic E-state index is 9.53. The number of benzene rings is 1. The van der Waals surface area contributed by atoms with Crippen LogP contribution in [0.3, 0.4) is 0 Å². The van der Waals surface area contributed by atoms with Crippen molar-refractivity contribution in [2.45, 2.75) is 26.2 Å². The zero-order chi connectivity index (χ0) is 9.14. The molecule has 1 N–H and O–H groups in total. The number of phenolic OH excluding ortho intramolecular Hbond substituents is 1. The van der Waals surface area contributed by atoms with Crippen LogP contribution in [0.4, 0.5) is 0 Å². The molecule has 0 radical (unpaired) electrons. The van der Waals surface area contributed by atoms with E-state index in [9.17, 15) is 5.11 Å². The lowest BCUT2D eigenvalue weighted by Crippen LogP contribution is -1.92. The number of halogens is 1. The van der Waals surface area contributed by atoms with Gasteiger partial charge in [-0.3, -0.25) is 0 Å². The summed E-state index contributed by atoms with van der Waals surface area (Å²) in [5.74, 6) is 0.865. The minimum atomic E-state index is 0.421. The molecule has 1 atom stereocenters. The molecular weight excluding hydrogens is 263 g/mol. The molecule has 0 unspecified atom stereocenters. The lowest BCUT2D eigenvalue weighted by atomic mass is 9.98. The summed E-state index contributed by atoms with van der Waals surface area (Å²) in [6.07, 6.45) is 1.06. The Bertz CT molecular complexity index is 271. The summed E-state index contributed by atoms with van der Waals surface area (Å²) in [6, 6.07) is 5.73. The van der Waals surface area contributed by atoms with Gasteiger partial charge in [0.1, 0.15) is 5.75 Å². The lowest BCUT2D eigenvalue weighted by molar-refractivity contribution is 0.461. The van der Waals surface area contributed by atoms with E-state index in [-0.39, 0.29) is 0 Å². The first-order chi connectivity index (χ1) is 5.65. The third-order valence-electron chi connectivity index (χ3n) is 2.13. The topological polar surface area (TPSA) is 20.2 Å². The molecule has 12 heavy (non-hydrogen) atoms. The van der Waals surface area contributed by atoms with Crippen molar-refractivity contribution in [1.29, 1.82) is 0 Å². The van der Waals surface area contributed by atoms with E-state index in [0.29, 0.717) is 11.7 Å². The van der Waals surface area contributed by atoms with Gasteiger partial charge in [0.05, 0.1) is 0 Å². The van der Waals surface area contributed by atoms with Gasteiger partial charge in [-0.25, -0.2) is 0 Å². The van der Waals surface area contributed by atoms with Crippen molar-refractivity contribution in [3.63, 3.8) is 0 Å². The predicted molar refractivity (Wildman–Crippen MR) is 59.5 cm³/mol. The summed E-state index contributed by atoms with van der Waals surface area (Å²) in [4.78, 5) is 0. The van der Waals surface area contributed by atoms with Gasteiger partial charge < -0.3 is 5.11 Å². The first-order valence-electron chi connectivity index (χ1n) is 4.13. The second-order valence-corrected chi connectivity index (χ2v) is 4.26. The van der Waals surface area contributed by atoms with E-state index >= 15 is 0 Å². The number of phenols is 1. The highest BCUT2D eigenvalue weighted by molar-refractivity contribution is 14.1. The summed E-state index contributed by atoms with van der Waals surface area (Å²) in [5, 5.41) is 9.53. The van der Waals surface area contributed by atoms with Crippen LogP contribution < -0.4 is 0 Å². The highest BCUT2D eigenvalue weighted by atomic mass is 127. The Morgan fingerprint density at radius 2 is 2.17 bits per heavy atom. The molecule has 0 aliphatic rings. The van der Waals surface area contributed by atoms with E-state index in [2.05, 4.69) is 36.4 Å². The van der Waals surface area contributed by atoms with Crippen molar-refractivity contribution in [2.75, 3.05) is 0 Å². The minimum Gasteiger partial charge on any atom is -0.508 e. The van der Waals surface area contributed by atoms with Gasteiger partial charge in [0.15, 0.2) is 0 Å². The normalized spacial score (nSPS) is 12.9. The van der Waals surface area contributed by atoms with Gasteiger partial charge in [-0.05, 0) is 58.7 Å². The number of aromatic hydroxyl groups is 1. The molecular formula is C10H13IO. The van der Waals surface area contributed by atoms with Crippen molar-refractivity contribution in [2.24, 2.45) is 0 Å². The van der Waals surface area contributed by atoms with Crippen LogP contribution in [0.15, 0.2) is 18.2 Å². The molecule has 66 valence electrons. The van der Waals surface area contributed by atoms with E-state index in [1.54, 1.807) is 6.07 Å². The van der Waals surface area contributed by atoms with Gasteiger partial charge in [-0.15, -0.1) is 0 Å². The first kappa shape index (κ1) is 9.84. The quantitative estimate of drug-likeness (QED) is 0.819. The zero-order valence-corrected chi connectivity index (χ0v) is 9.50. The van der Waals surface area contributed by atoms with Gasteiger partial charge >= 0.3 is 0 Å². The summed E-state index contributed by atoms with van der Waals surface area (Å²) >= 11 is 2.26. The SMILES string of the molecule is CC[C@@H](C)c1cc(I)ccc1O. The van der Waals surface area contributed by atoms with Crippen LogP contribution in [0.25, 0.3) is 0 Å². The molecule has 0 bridgehead atoms. The van der Waals surface area contributed by atoms with Crippen molar-refractivity contribution >= 4 is 22.6 Å². The van der Waals surface area contributed by atoms with Gasteiger partial charge in [-0.1, -0.05) is 13.8 Å². The summed E-state index contributed by atoms with van der Waals surface area (Å²) in [7, 11) is 0. The highest BCUT2D eigenvalue weighted by Crippen LogP contribution is 2.28. The highest BCUT2D eigenvalue weighted by Gasteiger charge is 2.07. The fraction of sp³-hybridized carbons (Fsp3) is 0.400. The van der Waals surface area contributed by atoms with Crippen LogP contribution in [0.2, 0.25) is 0 Å². The van der Waals surface area contributed by atoms with E-state index in [0.717, 1.165) is 12.0 Å². The standard InChI is InChI=1S/C10H13IO/c1-3-7(2)9-6-8(11)4-5-10(9)12/h4-7,12H,3H2,1-2H3/t7-/m1/s1. The maximum absolute atomic E-state index is 9.53. The van der Waals surface area contributed by atoms with Crippen molar-refractivity contribution in [3.05, 3.63) is 27.3 Å². The maximum Gasteiger partial charge on any atom is 0.119 e. The molecule has 0 aromatic heterocycles. The zero-order valence-electron chi connectivity index (χ0n) is 7.34. The second kappa shape index (κ2) is 4.12. The number of hydrogen-bond acceptors (Lipinski definition) is 1. The Labute approximate surface area is 86.9 Å². The molecule has 1 aromatic rings. The molecule has 0 aliphatic heterocycles. The van der Waals surface area contributed by atoms with Crippen LogP contribution >= 0.6 is 22.6 Å². The van der Waals surface area contributed by atoms with Gasteiger partial charge in [0, 0.05) is 3.57 Å². The van der Waals surface area contributed by atoms with E-state index in [1.807, 2.05) is 12.1 Å². The largest absolute Gasteiger partial charge is 0.508 e. The average molecular weight is 276 g/mol. The molecule has 1 aromatic carbocycles. The predicted octanol–water partition coefficient (Wildman–Crippen LogP) is 3.51. The monoisotopic (exact) mass is 276 g/mol. The van der Waals surface area contributed by atoms with E-state index in [4.69, 9.17) is 0 Å². The van der Waals surface area contributed by atoms with Crippen molar-refractivity contribution in [1.82, 2.24) is 0 Å². The fourth-order valence-corrected chi connectivity index (χ4v) is 1.66. The second-order valence-electron chi connectivity index (χ2n) is 3.01. The third-order valence-corrected chi connectivity index (χ3v) is 2.80. The molecule has 1 rings (SSSR count). The minimum absolute atomic E-state index is 0.421. The molecule has 0 amide bonds. The van der Waals surface area contributed by atoms with Crippen molar-refractivity contribution in [3.8, 4) is 5.75 Å². The smallest absolute Gasteiger partial charge is 0.119 e. The lowest BCUT2D eigenvalue weighted by Gasteiger charge is -2.10.